The highest BCUT2D eigenvalue weighted by Gasteiger charge is 2.39. The van der Waals surface area contributed by atoms with Gasteiger partial charge in [-0.15, -0.1) is 0 Å². The highest BCUT2D eigenvalue weighted by Crippen LogP contribution is 2.31. The number of carbonyl (C=O) groups is 2. The lowest BCUT2D eigenvalue weighted by Gasteiger charge is -2.46. The van der Waals surface area contributed by atoms with Crippen molar-refractivity contribution in [1.29, 1.82) is 0 Å². The van der Waals surface area contributed by atoms with Crippen LogP contribution < -0.4 is 4.90 Å². The third-order valence-electron chi connectivity index (χ3n) is 4.42. The quantitative estimate of drug-likeness (QED) is 0.860. The molecule has 0 radical (unpaired) electrons. The van der Waals surface area contributed by atoms with Gasteiger partial charge in [0.2, 0.25) is 0 Å². The second-order valence-electron chi connectivity index (χ2n) is 8.32. The first-order chi connectivity index (χ1) is 12.5. The van der Waals surface area contributed by atoms with Gasteiger partial charge in [-0.25, -0.2) is 9.59 Å². The van der Waals surface area contributed by atoms with Gasteiger partial charge in [0.1, 0.15) is 11.1 Å². The van der Waals surface area contributed by atoms with Crippen molar-refractivity contribution in [3.8, 4) is 0 Å². The number of rotatable bonds is 2. The molecule has 146 valence electrons. The van der Waals surface area contributed by atoms with E-state index in [1.165, 1.54) is 6.07 Å². The van der Waals surface area contributed by atoms with Gasteiger partial charge in [0.05, 0.1) is 11.1 Å². The number of anilines is 1. The lowest BCUT2D eigenvalue weighted by Crippen LogP contribution is -2.61. The molecule has 0 saturated carbocycles. The summed E-state index contributed by atoms with van der Waals surface area (Å²) in [7, 11) is 0. The van der Waals surface area contributed by atoms with Crippen LogP contribution in [0, 0.1) is 0 Å². The zero-order valence-electron chi connectivity index (χ0n) is 16.3. The number of fused-ring (bicyclic) bond motifs is 1. The third kappa shape index (κ3) is 3.84. The van der Waals surface area contributed by atoms with Crippen molar-refractivity contribution >= 4 is 29.2 Å². The molecule has 1 aromatic carbocycles. The summed E-state index contributed by atoms with van der Waals surface area (Å²) in [6.45, 7) is 10.9. The molecule has 0 aliphatic carbocycles. The average molecular weight is 375 g/mol. The predicted octanol–water partition coefficient (Wildman–Crippen LogP) is 3.36. The standard InChI is InChI=1S/C19H25N3O5/c1-18(2,3)27-17(25)21-9-10-22(19(4,5)11-21)16-20-14-12(15(23)24)7-6-8-13(14)26-16/h6-8H,9-11H2,1-5H3,(H,23,24). The molecule has 1 aromatic heterocycles. The van der Waals surface area contributed by atoms with Crippen molar-refractivity contribution in [1.82, 2.24) is 9.88 Å². The molecular weight excluding hydrogens is 350 g/mol. The number of carboxylic acid groups (broad SMARTS) is 1. The number of aromatic carboxylic acids is 1. The Kier molecular flexibility index (Phi) is 4.53. The normalized spacial score (nSPS) is 17.2. The number of amides is 1. The number of carbonyl (C=O) groups excluding carboxylic acids is 1. The summed E-state index contributed by atoms with van der Waals surface area (Å²) >= 11 is 0. The molecular formula is C19H25N3O5. The monoisotopic (exact) mass is 375 g/mol. The van der Waals surface area contributed by atoms with Gasteiger partial charge >= 0.3 is 12.1 Å². The van der Waals surface area contributed by atoms with Crippen molar-refractivity contribution in [3.05, 3.63) is 23.8 Å². The summed E-state index contributed by atoms with van der Waals surface area (Å²) in [6.07, 6.45) is -0.346. The average Bonchev–Trinajstić information content (AvgIpc) is 2.95. The van der Waals surface area contributed by atoms with Crippen molar-refractivity contribution in [2.75, 3.05) is 24.5 Å². The number of carboxylic acids is 1. The van der Waals surface area contributed by atoms with E-state index in [9.17, 15) is 14.7 Å². The molecule has 8 nitrogen and oxygen atoms in total. The Morgan fingerprint density at radius 2 is 1.96 bits per heavy atom. The Bertz CT molecular complexity index is 881. The van der Waals surface area contributed by atoms with E-state index >= 15 is 0 Å². The van der Waals surface area contributed by atoms with E-state index in [4.69, 9.17) is 9.15 Å². The number of nitrogens with zero attached hydrogens (tertiary/aromatic N) is 3. The number of ether oxygens (including phenoxy) is 1. The zero-order valence-corrected chi connectivity index (χ0v) is 16.3. The summed E-state index contributed by atoms with van der Waals surface area (Å²) in [5.74, 6) is -1.05. The van der Waals surface area contributed by atoms with Crippen molar-refractivity contribution in [2.45, 2.75) is 45.8 Å². The van der Waals surface area contributed by atoms with Crippen molar-refractivity contribution < 1.29 is 23.8 Å². The van der Waals surface area contributed by atoms with Crippen LogP contribution in [-0.4, -0.2) is 57.8 Å². The maximum Gasteiger partial charge on any atom is 0.410 e. The van der Waals surface area contributed by atoms with E-state index in [0.29, 0.717) is 36.7 Å². The van der Waals surface area contributed by atoms with E-state index in [1.54, 1.807) is 17.0 Å². The molecule has 1 aliphatic heterocycles. The molecule has 1 aliphatic rings. The first kappa shape index (κ1) is 19.0. The fraction of sp³-hybridized carbons (Fsp3) is 0.526. The van der Waals surface area contributed by atoms with E-state index in [2.05, 4.69) is 4.98 Å². The molecule has 1 saturated heterocycles. The Morgan fingerprint density at radius 1 is 1.26 bits per heavy atom. The molecule has 1 amide bonds. The molecule has 3 rings (SSSR count). The summed E-state index contributed by atoms with van der Waals surface area (Å²) < 4.78 is 11.3. The van der Waals surface area contributed by atoms with Crippen LogP contribution in [-0.2, 0) is 4.74 Å². The van der Waals surface area contributed by atoms with E-state index in [-0.39, 0.29) is 11.7 Å². The fourth-order valence-corrected chi connectivity index (χ4v) is 3.22. The molecule has 8 heteroatoms. The minimum atomic E-state index is -1.05. The Morgan fingerprint density at radius 3 is 2.56 bits per heavy atom. The van der Waals surface area contributed by atoms with Crippen LogP contribution in [0.15, 0.2) is 22.6 Å². The van der Waals surface area contributed by atoms with Gasteiger partial charge in [-0.1, -0.05) is 6.07 Å². The van der Waals surface area contributed by atoms with Gasteiger partial charge in [0.25, 0.3) is 6.01 Å². The van der Waals surface area contributed by atoms with Crippen LogP contribution in [0.5, 0.6) is 0 Å². The number of para-hydroxylation sites is 1. The van der Waals surface area contributed by atoms with Gasteiger partial charge in [0.15, 0.2) is 5.58 Å². The maximum atomic E-state index is 12.4. The van der Waals surface area contributed by atoms with Crippen molar-refractivity contribution in [3.63, 3.8) is 0 Å². The van der Waals surface area contributed by atoms with E-state index in [1.807, 2.05) is 39.5 Å². The molecule has 2 heterocycles. The van der Waals surface area contributed by atoms with Crippen LogP contribution in [0.1, 0.15) is 45.0 Å². The summed E-state index contributed by atoms with van der Waals surface area (Å²) in [5.41, 5.74) is -0.154. The summed E-state index contributed by atoms with van der Waals surface area (Å²) in [5, 5.41) is 9.34. The van der Waals surface area contributed by atoms with Gasteiger partial charge in [-0.2, -0.15) is 4.98 Å². The van der Waals surface area contributed by atoms with Crippen LogP contribution >= 0.6 is 0 Å². The zero-order chi connectivity index (χ0) is 20.0. The molecule has 0 atom stereocenters. The largest absolute Gasteiger partial charge is 0.478 e. The smallest absolute Gasteiger partial charge is 0.410 e. The Balaban J connectivity index is 1.85. The molecule has 2 aromatic rings. The fourth-order valence-electron chi connectivity index (χ4n) is 3.22. The second-order valence-corrected chi connectivity index (χ2v) is 8.32. The predicted molar refractivity (Wildman–Crippen MR) is 100 cm³/mol. The summed E-state index contributed by atoms with van der Waals surface area (Å²) in [6, 6.07) is 5.18. The first-order valence-electron chi connectivity index (χ1n) is 8.86. The van der Waals surface area contributed by atoms with Gasteiger partial charge < -0.3 is 24.1 Å². The van der Waals surface area contributed by atoms with Crippen LogP contribution in [0.3, 0.4) is 0 Å². The Labute approximate surface area is 157 Å². The van der Waals surface area contributed by atoms with E-state index in [0.717, 1.165) is 0 Å². The number of aromatic nitrogens is 1. The first-order valence-corrected chi connectivity index (χ1v) is 8.86. The molecule has 0 spiro atoms. The molecule has 1 N–H and O–H groups in total. The number of oxazole rings is 1. The van der Waals surface area contributed by atoms with Crippen molar-refractivity contribution in [2.24, 2.45) is 0 Å². The lowest BCUT2D eigenvalue weighted by atomic mass is 10.00. The van der Waals surface area contributed by atoms with Crippen LogP contribution in [0.2, 0.25) is 0 Å². The lowest BCUT2D eigenvalue weighted by molar-refractivity contribution is 0.0175. The van der Waals surface area contributed by atoms with Crippen LogP contribution in [0.25, 0.3) is 11.1 Å². The van der Waals surface area contributed by atoms with Gasteiger partial charge in [-0.3, -0.25) is 0 Å². The van der Waals surface area contributed by atoms with Gasteiger partial charge in [0, 0.05) is 19.6 Å². The number of hydrogen-bond acceptors (Lipinski definition) is 6. The van der Waals surface area contributed by atoms with Crippen LogP contribution in [0.4, 0.5) is 10.8 Å². The number of piperazine rings is 1. The highest BCUT2D eigenvalue weighted by atomic mass is 16.6. The molecule has 27 heavy (non-hydrogen) atoms. The maximum absolute atomic E-state index is 12.4. The minimum absolute atomic E-state index is 0.104. The minimum Gasteiger partial charge on any atom is -0.478 e. The molecule has 1 fully saturated rings. The SMILES string of the molecule is CC(C)(C)OC(=O)N1CCN(c2nc3c(C(=O)O)cccc3o2)C(C)(C)C1. The van der Waals surface area contributed by atoms with E-state index < -0.39 is 17.1 Å². The topological polar surface area (TPSA) is 96.1 Å². The highest BCUT2D eigenvalue weighted by molar-refractivity contribution is 6.00. The Hall–Kier alpha value is -2.77. The van der Waals surface area contributed by atoms with Gasteiger partial charge in [-0.05, 0) is 46.8 Å². The number of hydrogen-bond donors (Lipinski definition) is 1. The summed E-state index contributed by atoms with van der Waals surface area (Å²) in [4.78, 5) is 31.9. The third-order valence-corrected chi connectivity index (χ3v) is 4.42. The molecule has 0 bridgehead atoms. The number of benzene rings is 1. The molecule has 0 unspecified atom stereocenters. The second kappa shape index (κ2) is 6.44.